The molecule has 2 amide bonds. The molecule has 1 atom stereocenters. The molecule has 1 rings (SSSR count). The standard InChI is InChI=1S/C15H19Cl3N2O3/c1-2-3-4-9-12(21)20-14(15(16,17)18)23-11-8-6-5-7-10(11)13(19)22/h5-8,14H,2-4,9H2,1H3,(H2,19,22)(H,20,21). The molecule has 0 heterocycles. The number of amides is 2. The van der Waals surface area contributed by atoms with Crippen LogP contribution in [0.4, 0.5) is 0 Å². The van der Waals surface area contributed by atoms with Gasteiger partial charge in [-0.3, -0.25) is 9.59 Å². The average Bonchev–Trinajstić information content (AvgIpc) is 2.46. The predicted octanol–water partition coefficient (Wildman–Crippen LogP) is 3.56. The molecule has 0 aliphatic rings. The van der Waals surface area contributed by atoms with Crippen molar-refractivity contribution in [3.8, 4) is 5.75 Å². The molecular formula is C15H19Cl3N2O3. The summed E-state index contributed by atoms with van der Waals surface area (Å²) >= 11 is 17.6. The second-order valence-electron chi connectivity index (χ2n) is 4.92. The van der Waals surface area contributed by atoms with Gasteiger partial charge in [0.05, 0.1) is 5.56 Å². The number of nitrogens with two attached hydrogens (primary N) is 1. The van der Waals surface area contributed by atoms with E-state index in [1.165, 1.54) is 12.1 Å². The zero-order valence-electron chi connectivity index (χ0n) is 12.7. The van der Waals surface area contributed by atoms with Crippen LogP contribution in [0.3, 0.4) is 0 Å². The van der Waals surface area contributed by atoms with E-state index in [-0.39, 0.29) is 17.2 Å². The molecule has 0 radical (unpaired) electrons. The number of carbonyl (C=O) groups excluding carboxylic acids is 2. The summed E-state index contributed by atoms with van der Waals surface area (Å²) < 4.78 is 3.61. The van der Waals surface area contributed by atoms with Gasteiger partial charge < -0.3 is 15.8 Å². The molecule has 0 aromatic heterocycles. The maximum Gasteiger partial charge on any atom is 0.252 e. The SMILES string of the molecule is CCCCCC(=O)NC(Oc1ccccc1C(N)=O)C(Cl)(Cl)Cl. The number of para-hydroxylation sites is 1. The molecule has 1 aromatic rings. The van der Waals surface area contributed by atoms with Gasteiger partial charge in [-0.1, -0.05) is 66.7 Å². The number of hydrogen-bond donors (Lipinski definition) is 2. The van der Waals surface area contributed by atoms with Crippen molar-refractivity contribution < 1.29 is 14.3 Å². The van der Waals surface area contributed by atoms with Crippen LogP contribution in [0.15, 0.2) is 24.3 Å². The molecule has 0 bridgehead atoms. The molecule has 0 aliphatic heterocycles. The third kappa shape index (κ3) is 6.85. The fraction of sp³-hybridized carbons (Fsp3) is 0.467. The molecule has 0 saturated carbocycles. The quantitative estimate of drug-likeness (QED) is 0.410. The first kappa shape index (κ1) is 19.9. The van der Waals surface area contributed by atoms with E-state index in [1.54, 1.807) is 12.1 Å². The minimum absolute atomic E-state index is 0.130. The number of alkyl halides is 3. The average molecular weight is 382 g/mol. The van der Waals surface area contributed by atoms with Gasteiger partial charge in [0.25, 0.3) is 5.91 Å². The van der Waals surface area contributed by atoms with Gasteiger partial charge in [-0.2, -0.15) is 0 Å². The first-order valence-corrected chi connectivity index (χ1v) is 8.30. The Morgan fingerprint density at radius 1 is 1.26 bits per heavy atom. The second kappa shape index (κ2) is 9.21. The van der Waals surface area contributed by atoms with Crippen molar-refractivity contribution in [3.05, 3.63) is 29.8 Å². The lowest BCUT2D eigenvalue weighted by Crippen LogP contribution is -2.48. The summed E-state index contributed by atoms with van der Waals surface area (Å²) in [6.45, 7) is 2.03. The van der Waals surface area contributed by atoms with Gasteiger partial charge in [0.15, 0.2) is 0 Å². The zero-order chi connectivity index (χ0) is 17.5. The number of ether oxygens (including phenoxy) is 1. The van der Waals surface area contributed by atoms with Gasteiger partial charge in [-0.15, -0.1) is 0 Å². The van der Waals surface area contributed by atoms with Crippen molar-refractivity contribution in [1.29, 1.82) is 0 Å². The van der Waals surface area contributed by atoms with E-state index >= 15 is 0 Å². The van der Waals surface area contributed by atoms with Gasteiger partial charge in [0.1, 0.15) is 5.75 Å². The van der Waals surface area contributed by atoms with Crippen LogP contribution in [0, 0.1) is 0 Å². The summed E-state index contributed by atoms with van der Waals surface area (Å²) in [6, 6.07) is 6.25. The van der Waals surface area contributed by atoms with E-state index in [1.807, 2.05) is 6.92 Å². The summed E-state index contributed by atoms with van der Waals surface area (Å²) in [7, 11) is 0. The topological polar surface area (TPSA) is 81.4 Å². The molecule has 1 aromatic carbocycles. The van der Waals surface area contributed by atoms with E-state index in [0.29, 0.717) is 6.42 Å². The van der Waals surface area contributed by atoms with Gasteiger partial charge >= 0.3 is 0 Å². The highest BCUT2D eigenvalue weighted by Crippen LogP contribution is 2.33. The van der Waals surface area contributed by atoms with Crippen LogP contribution in [0.5, 0.6) is 5.75 Å². The molecule has 0 spiro atoms. The Balaban J connectivity index is 2.84. The number of rotatable bonds is 8. The minimum Gasteiger partial charge on any atom is -0.465 e. The van der Waals surface area contributed by atoms with Crippen molar-refractivity contribution in [2.45, 2.75) is 42.6 Å². The molecular weight excluding hydrogens is 363 g/mol. The maximum atomic E-state index is 11.9. The van der Waals surface area contributed by atoms with Crippen molar-refractivity contribution in [3.63, 3.8) is 0 Å². The molecule has 23 heavy (non-hydrogen) atoms. The Morgan fingerprint density at radius 3 is 2.48 bits per heavy atom. The third-order valence-corrected chi connectivity index (χ3v) is 3.59. The summed E-state index contributed by atoms with van der Waals surface area (Å²) in [5, 5.41) is 2.52. The van der Waals surface area contributed by atoms with Crippen molar-refractivity contribution in [2.75, 3.05) is 0 Å². The molecule has 0 fully saturated rings. The van der Waals surface area contributed by atoms with Crippen molar-refractivity contribution in [2.24, 2.45) is 5.73 Å². The highest BCUT2D eigenvalue weighted by Gasteiger charge is 2.36. The van der Waals surface area contributed by atoms with Crippen LogP contribution in [0.2, 0.25) is 0 Å². The molecule has 1 unspecified atom stereocenters. The number of primary amides is 1. The summed E-state index contributed by atoms with van der Waals surface area (Å²) in [5.74, 6) is -0.852. The number of nitrogens with one attached hydrogen (secondary N) is 1. The summed E-state index contributed by atoms with van der Waals surface area (Å²) in [4.78, 5) is 23.3. The predicted molar refractivity (Wildman–Crippen MR) is 92.0 cm³/mol. The van der Waals surface area contributed by atoms with E-state index < -0.39 is 15.9 Å². The highest BCUT2D eigenvalue weighted by molar-refractivity contribution is 6.68. The van der Waals surface area contributed by atoms with E-state index in [9.17, 15) is 9.59 Å². The number of hydrogen-bond acceptors (Lipinski definition) is 3. The zero-order valence-corrected chi connectivity index (χ0v) is 14.9. The lowest BCUT2D eigenvalue weighted by Gasteiger charge is -2.27. The van der Waals surface area contributed by atoms with Crippen LogP contribution in [0.25, 0.3) is 0 Å². The Hall–Kier alpha value is -1.17. The number of unbranched alkanes of at least 4 members (excludes halogenated alkanes) is 2. The minimum atomic E-state index is -1.91. The van der Waals surface area contributed by atoms with Crippen LogP contribution in [-0.2, 0) is 4.79 Å². The molecule has 8 heteroatoms. The Kier molecular flexibility index (Phi) is 7.95. The van der Waals surface area contributed by atoms with Crippen LogP contribution < -0.4 is 15.8 Å². The number of carbonyl (C=O) groups is 2. The molecule has 5 nitrogen and oxygen atoms in total. The van der Waals surface area contributed by atoms with Gasteiger partial charge in [-0.25, -0.2) is 0 Å². The molecule has 128 valence electrons. The highest BCUT2D eigenvalue weighted by atomic mass is 35.6. The first-order chi connectivity index (χ1) is 10.8. The van der Waals surface area contributed by atoms with Gasteiger partial charge in [0.2, 0.25) is 15.9 Å². The van der Waals surface area contributed by atoms with E-state index in [0.717, 1.165) is 19.3 Å². The smallest absolute Gasteiger partial charge is 0.252 e. The fourth-order valence-corrected chi connectivity index (χ4v) is 2.13. The molecule has 3 N–H and O–H groups in total. The molecule has 0 aliphatic carbocycles. The fourth-order valence-electron chi connectivity index (χ4n) is 1.83. The van der Waals surface area contributed by atoms with E-state index in [2.05, 4.69) is 5.32 Å². The van der Waals surface area contributed by atoms with Crippen LogP contribution in [-0.4, -0.2) is 21.8 Å². The largest absolute Gasteiger partial charge is 0.465 e. The molecule has 0 saturated heterocycles. The lowest BCUT2D eigenvalue weighted by molar-refractivity contribution is -0.123. The summed E-state index contributed by atoms with van der Waals surface area (Å²) in [5.41, 5.74) is 5.41. The van der Waals surface area contributed by atoms with Crippen LogP contribution >= 0.6 is 34.8 Å². The number of benzene rings is 1. The summed E-state index contributed by atoms with van der Waals surface area (Å²) in [6.07, 6.45) is 1.70. The van der Waals surface area contributed by atoms with Crippen molar-refractivity contribution in [1.82, 2.24) is 5.32 Å². The Labute approximate surface area is 150 Å². The lowest BCUT2D eigenvalue weighted by atomic mass is 10.2. The Bertz CT molecular complexity index is 547. The van der Waals surface area contributed by atoms with Gasteiger partial charge in [-0.05, 0) is 18.6 Å². The monoisotopic (exact) mass is 380 g/mol. The van der Waals surface area contributed by atoms with Crippen LogP contribution in [0.1, 0.15) is 43.0 Å². The van der Waals surface area contributed by atoms with E-state index in [4.69, 9.17) is 45.3 Å². The maximum absolute atomic E-state index is 11.9. The normalized spacial score (nSPS) is 12.5. The Morgan fingerprint density at radius 2 is 1.91 bits per heavy atom. The van der Waals surface area contributed by atoms with Gasteiger partial charge in [0, 0.05) is 6.42 Å². The second-order valence-corrected chi connectivity index (χ2v) is 7.29. The van der Waals surface area contributed by atoms with Crippen molar-refractivity contribution >= 4 is 46.6 Å². The third-order valence-electron chi connectivity index (χ3n) is 2.99. The number of halogens is 3. The first-order valence-electron chi connectivity index (χ1n) is 7.17.